The Morgan fingerprint density at radius 2 is 2.09 bits per heavy atom. The van der Waals surface area contributed by atoms with E-state index in [0.29, 0.717) is 22.9 Å². The molecule has 3 N–H and O–H groups in total. The number of hydrogen-bond donors (Lipinski definition) is 3. The van der Waals surface area contributed by atoms with Crippen LogP contribution in [0, 0.1) is 0 Å². The van der Waals surface area contributed by atoms with E-state index >= 15 is 0 Å². The van der Waals surface area contributed by atoms with Gasteiger partial charge >= 0.3 is 6.03 Å². The van der Waals surface area contributed by atoms with Gasteiger partial charge in [0.2, 0.25) is 11.1 Å². The van der Waals surface area contributed by atoms with E-state index in [2.05, 4.69) is 30.8 Å². The van der Waals surface area contributed by atoms with E-state index in [1.165, 1.54) is 0 Å². The summed E-state index contributed by atoms with van der Waals surface area (Å²) in [4.78, 5) is 30.4. The molecule has 3 rings (SSSR count). The zero-order chi connectivity index (χ0) is 16.2. The molecule has 0 unspecified atom stereocenters. The molecule has 0 radical (unpaired) electrons. The monoisotopic (exact) mass is 330 g/mol. The molecule has 0 bridgehead atoms. The standard InChI is InChI=1S/C14H14N6O2S/c1-2-15-13(22)17-10(21)7-23-14-18-12-11(19-20-14)8-5-3-4-6-9(8)16-12/h3-6H,2,7H2,1H3,(H,16,18,20)(H2,15,17,21,22). The molecule has 9 heteroatoms. The molecule has 0 aliphatic carbocycles. The minimum absolute atomic E-state index is 0.0323. The van der Waals surface area contributed by atoms with E-state index in [9.17, 15) is 9.59 Å². The highest BCUT2D eigenvalue weighted by atomic mass is 32.2. The lowest BCUT2D eigenvalue weighted by Crippen LogP contribution is -2.40. The van der Waals surface area contributed by atoms with Gasteiger partial charge in [0, 0.05) is 17.4 Å². The van der Waals surface area contributed by atoms with Gasteiger partial charge in [-0.15, -0.1) is 10.2 Å². The number of urea groups is 1. The van der Waals surface area contributed by atoms with Gasteiger partial charge in [-0.25, -0.2) is 9.78 Å². The minimum Gasteiger partial charge on any atom is -0.338 e. The Morgan fingerprint density at radius 3 is 2.91 bits per heavy atom. The first-order chi connectivity index (χ1) is 11.2. The van der Waals surface area contributed by atoms with E-state index in [-0.39, 0.29) is 5.75 Å². The number of rotatable bonds is 4. The van der Waals surface area contributed by atoms with E-state index < -0.39 is 11.9 Å². The summed E-state index contributed by atoms with van der Waals surface area (Å²) in [5.41, 5.74) is 2.24. The molecular weight excluding hydrogens is 316 g/mol. The summed E-state index contributed by atoms with van der Waals surface area (Å²) >= 11 is 1.12. The van der Waals surface area contributed by atoms with Gasteiger partial charge in [0.1, 0.15) is 5.52 Å². The van der Waals surface area contributed by atoms with Crippen LogP contribution < -0.4 is 10.6 Å². The quantitative estimate of drug-likeness (QED) is 0.624. The number of carbonyl (C=O) groups is 2. The Hall–Kier alpha value is -2.68. The predicted octanol–water partition coefficient (Wildman–Crippen LogP) is 1.44. The number of hydrogen-bond acceptors (Lipinski definition) is 6. The molecule has 3 aromatic rings. The Morgan fingerprint density at radius 1 is 1.26 bits per heavy atom. The van der Waals surface area contributed by atoms with Crippen LogP contribution >= 0.6 is 11.8 Å². The van der Waals surface area contributed by atoms with Gasteiger partial charge in [-0.2, -0.15) is 0 Å². The SMILES string of the molecule is CCNC(=O)NC(=O)CSc1nnc2c(n1)[nH]c1ccccc12. The summed E-state index contributed by atoms with van der Waals surface area (Å²) in [5.74, 6) is -0.383. The number of carbonyl (C=O) groups excluding carboxylic acids is 2. The van der Waals surface area contributed by atoms with E-state index in [4.69, 9.17) is 0 Å². The average Bonchev–Trinajstić information content (AvgIpc) is 2.90. The number of para-hydroxylation sites is 1. The van der Waals surface area contributed by atoms with Crippen molar-refractivity contribution in [3.05, 3.63) is 24.3 Å². The number of thioether (sulfide) groups is 1. The second-order valence-electron chi connectivity index (χ2n) is 4.66. The molecule has 8 nitrogen and oxygen atoms in total. The van der Waals surface area contributed by atoms with Crippen LogP contribution in [0.2, 0.25) is 0 Å². The van der Waals surface area contributed by atoms with Crippen LogP contribution in [0.25, 0.3) is 22.1 Å². The summed E-state index contributed by atoms with van der Waals surface area (Å²) in [5, 5.41) is 14.2. The van der Waals surface area contributed by atoms with Crippen LogP contribution in [0.1, 0.15) is 6.92 Å². The molecule has 0 fully saturated rings. The number of aromatic nitrogens is 4. The average molecular weight is 330 g/mol. The molecule has 0 spiro atoms. The summed E-state index contributed by atoms with van der Waals surface area (Å²) in [6.45, 7) is 2.23. The molecular formula is C14H14N6O2S. The maximum atomic E-state index is 11.6. The molecule has 0 saturated carbocycles. The number of amides is 3. The number of fused-ring (bicyclic) bond motifs is 3. The number of nitrogens with zero attached hydrogens (tertiary/aromatic N) is 3. The Kier molecular flexibility index (Phi) is 4.38. The lowest BCUT2D eigenvalue weighted by atomic mass is 10.2. The summed E-state index contributed by atoms with van der Waals surface area (Å²) in [7, 11) is 0. The first-order valence-electron chi connectivity index (χ1n) is 6.99. The van der Waals surface area contributed by atoms with Gasteiger partial charge in [0.05, 0.1) is 5.75 Å². The van der Waals surface area contributed by atoms with Crippen LogP contribution in [0.5, 0.6) is 0 Å². The zero-order valence-electron chi connectivity index (χ0n) is 12.3. The normalized spacial score (nSPS) is 10.8. The van der Waals surface area contributed by atoms with Gasteiger partial charge < -0.3 is 10.3 Å². The first kappa shape index (κ1) is 15.2. The second-order valence-corrected chi connectivity index (χ2v) is 5.60. The molecule has 2 aromatic heterocycles. The van der Waals surface area contributed by atoms with E-state index in [1.54, 1.807) is 6.92 Å². The Balaban J connectivity index is 1.70. The largest absolute Gasteiger partial charge is 0.338 e. The Labute approximate surface area is 135 Å². The van der Waals surface area contributed by atoms with Crippen molar-refractivity contribution in [3.8, 4) is 0 Å². The smallest absolute Gasteiger partial charge is 0.321 e. The van der Waals surface area contributed by atoms with Gasteiger partial charge in [0.15, 0.2) is 5.65 Å². The molecule has 23 heavy (non-hydrogen) atoms. The number of aromatic amines is 1. The molecule has 1 aromatic carbocycles. The van der Waals surface area contributed by atoms with Gasteiger partial charge in [-0.05, 0) is 13.0 Å². The van der Waals surface area contributed by atoms with Crippen LogP contribution in [0.15, 0.2) is 29.4 Å². The third-order valence-corrected chi connectivity index (χ3v) is 3.86. The van der Waals surface area contributed by atoms with Gasteiger partial charge in [-0.3, -0.25) is 10.1 Å². The van der Waals surface area contributed by atoms with E-state index in [0.717, 1.165) is 22.7 Å². The van der Waals surface area contributed by atoms with Crippen LogP contribution in [-0.4, -0.2) is 44.4 Å². The number of imide groups is 1. The highest BCUT2D eigenvalue weighted by molar-refractivity contribution is 7.99. The van der Waals surface area contributed by atoms with Crippen molar-refractivity contribution < 1.29 is 9.59 Å². The summed E-state index contributed by atoms with van der Waals surface area (Å²) in [6.07, 6.45) is 0. The maximum Gasteiger partial charge on any atom is 0.321 e. The molecule has 0 atom stereocenters. The summed E-state index contributed by atoms with van der Waals surface area (Å²) in [6, 6.07) is 7.21. The lowest BCUT2D eigenvalue weighted by Gasteiger charge is -2.03. The van der Waals surface area contributed by atoms with Crippen LogP contribution in [0.3, 0.4) is 0 Å². The number of H-pyrrole nitrogens is 1. The topological polar surface area (TPSA) is 113 Å². The molecule has 0 aliphatic rings. The lowest BCUT2D eigenvalue weighted by molar-refractivity contribution is -0.117. The first-order valence-corrected chi connectivity index (χ1v) is 7.97. The fourth-order valence-electron chi connectivity index (χ4n) is 2.06. The molecule has 118 valence electrons. The molecule has 0 aliphatic heterocycles. The van der Waals surface area contributed by atoms with Crippen molar-refractivity contribution >= 4 is 45.8 Å². The van der Waals surface area contributed by atoms with Crippen molar-refractivity contribution in [1.82, 2.24) is 30.8 Å². The third kappa shape index (κ3) is 3.39. The van der Waals surface area contributed by atoms with Crippen LogP contribution in [0.4, 0.5) is 4.79 Å². The molecule has 0 saturated heterocycles. The summed E-state index contributed by atoms with van der Waals surface area (Å²) < 4.78 is 0. The predicted molar refractivity (Wildman–Crippen MR) is 87.1 cm³/mol. The van der Waals surface area contributed by atoms with Crippen molar-refractivity contribution in [3.63, 3.8) is 0 Å². The van der Waals surface area contributed by atoms with Crippen molar-refractivity contribution in [2.75, 3.05) is 12.3 Å². The van der Waals surface area contributed by atoms with Crippen molar-refractivity contribution in [2.45, 2.75) is 12.1 Å². The van der Waals surface area contributed by atoms with Gasteiger partial charge in [-0.1, -0.05) is 30.0 Å². The fraction of sp³-hybridized carbons (Fsp3) is 0.214. The van der Waals surface area contributed by atoms with Crippen molar-refractivity contribution in [2.24, 2.45) is 0 Å². The maximum absolute atomic E-state index is 11.6. The van der Waals surface area contributed by atoms with E-state index in [1.807, 2.05) is 24.3 Å². The molecule has 2 heterocycles. The number of benzene rings is 1. The van der Waals surface area contributed by atoms with Crippen molar-refractivity contribution in [1.29, 1.82) is 0 Å². The minimum atomic E-state index is -0.511. The third-order valence-electron chi connectivity index (χ3n) is 3.03. The highest BCUT2D eigenvalue weighted by Gasteiger charge is 2.11. The second kappa shape index (κ2) is 6.61. The van der Waals surface area contributed by atoms with Gasteiger partial charge in [0.25, 0.3) is 0 Å². The Bertz CT molecular complexity index is 878. The van der Waals surface area contributed by atoms with Crippen LogP contribution in [-0.2, 0) is 4.79 Å². The fourth-order valence-corrected chi connectivity index (χ4v) is 2.65. The molecule has 3 amide bonds. The highest BCUT2D eigenvalue weighted by Crippen LogP contribution is 2.22. The number of nitrogens with one attached hydrogen (secondary N) is 3. The zero-order valence-corrected chi connectivity index (χ0v) is 13.1.